The number of nitriles is 1. The van der Waals surface area contributed by atoms with E-state index in [2.05, 4.69) is 15.4 Å². The van der Waals surface area contributed by atoms with Gasteiger partial charge in [0.15, 0.2) is 0 Å². The number of hydrogen-bond donors (Lipinski definition) is 1. The third kappa shape index (κ3) is 2.11. The monoisotopic (exact) mass is 199 g/mol. The van der Waals surface area contributed by atoms with E-state index in [1.165, 1.54) is 6.20 Å². The van der Waals surface area contributed by atoms with E-state index in [-0.39, 0.29) is 0 Å². The number of hydrogen-bond acceptors (Lipinski definition) is 4. The first kappa shape index (κ1) is 9.21. The summed E-state index contributed by atoms with van der Waals surface area (Å²) in [5, 5.41) is 15.7. The van der Waals surface area contributed by atoms with Crippen molar-refractivity contribution < 1.29 is 0 Å². The number of rotatable bonds is 2. The highest BCUT2D eigenvalue weighted by Gasteiger charge is 1.98. The number of nitrogens with one attached hydrogen (secondary N) is 1. The van der Waals surface area contributed by atoms with E-state index < -0.39 is 0 Å². The van der Waals surface area contributed by atoms with E-state index in [0.717, 1.165) is 5.69 Å². The first-order valence-electron chi connectivity index (χ1n) is 4.40. The zero-order chi connectivity index (χ0) is 10.7. The van der Waals surface area contributed by atoms with Crippen LogP contribution in [0.2, 0.25) is 0 Å². The van der Waals surface area contributed by atoms with Crippen molar-refractivity contribution in [3.05, 3.63) is 36.3 Å². The SMILES string of the molecule is Cn1cc(Nc2ccc(C#N)cn2)cn1. The van der Waals surface area contributed by atoms with E-state index in [9.17, 15) is 0 Å². The first-order valence-corrected chi connectivity index (χ1v) is 4.40. The minimum Gasteiger partial charge on any atom is -0.338 e. The van der Waals surface area contributed by atoms with Crippen LogP contribution in [0, 0.1) is 11.3 Å². The van der Waals surface area contributed by atoms with Gasteiger partial charge in [0.25, 0.3) is 0 Å². The minimum atomic E-state index is 0.548. The molecule has 0 spiro atoms. The fourth-order valence-electron chi connectivity index (χ4n) is 1.17. The summed E-state index contributed by atoms with van der Waals surface area (Å²) in [6, 6.07) is 5.48. The summed E-state index contributed by atoms with van der Waals surface area (Å²) < 4.78 is 1.70. The van der Waals surface area contributed by atoms with Crippen LogP contribution in [-0.4, -0.2) is 14.8 Å². The Morgan fingerprint density at radius 2 is 2.27 bits per heavy atom. The van der Waals surface area contributed by atoms with Crippen LogP contribution in [0.5, 0.6) is 0 Å². The summed E-state index contributed by atoms with van der Waals surface area (Å²) in [7, 11) is 1.84. The van der Waals surface area contributed by atoms with Crippen molar-refractivity contribution in [2.24, 2.45) is 7.05 Å². The standard InChI is InChI=1S/C10H9N5/c1-15-7-9(6-13-15)14-10-3-2-8(4-11)5-12-10/h2-3,5-7H,1H3,(H,12,14). The minimum absolute atomic E-state index is 0.548. The van der Waals surface area contributed by atoms with E-state index >= 15 is 0 Å². The Kier molecular flexibility index (Phi) is 2.33. The van der Waals surface area contributed by atoms with Crippen molar-refractivity contribution in [2.45, 2.75) is 0 Å². The molecule has 0 fully saturated rings. The van der Waals surface area contributed by atoms with Crippen molar-refractivity contribution in [1.82, 2.24) is 14.8 Å². The number of pyridine rings is 1. The number of aromatic nitrogens is 3. The molecule has 0 saturated carbocycles. The summed E-state index contributed by atoms with van der Waals surface area (Å²) in [5.41, 5.74) is 1.42. The molecule has 0 saturated heterocycles. The highest BCUT2D eigenvalue weighted by atomic mass is 15.3. The van der Waals surface area contributed by atoms with Gasteiger partial charge in [-0.3, -0.25) is 4.68 Å². The smallest absolute Gasteiger partial charge is 0.130 e. The lowest BCUT2D eigenvalue weighted by Crippen LogP contribution is -1.92. The molecule has 0 aliphatic rings. The van der Waals surface area contributed by atoms with Crippen molar-refractivity contribution in [2.75, 3.05) is 5.32 Å². The lowest BCUT2D eigenvalue weighted by atomic mass is 10.3. The van der Waals surface area contributed by atoms with Crippen LogP contribution in [0.25, 0.3) is 0 Å². The highest BCUT2D eigenvalue weighted by Crippen LogP contribution is 2.12. The van der Waals surface area contributed by atoms with Crippen LogP contribution < -0.4 is 5.32 Å². The summed E-state index contributed by atoms with van der Waals surface area (Å²) in [5.74, 6) is 0.696. The van der Waals surface area contributed by atoms with Crippen molar-refractivity contribution in [3.8, 4) is 6.07 Å². The summed E-state index contributed by atoms with van der Waals surface area (Å²) in [4.78, 5) is 4.08. The second kappa shape index (κ2) is 3.80. The Morgan fingerprint density at radius 3 is 2.80 bits per heavy atom. The van der Waals surface area contributed by atoms with Gasteiger partial charge in [0, 0.05) is 19.4 Å². The second-order valence-electron chi connectivity index (χ2n) is 3.07. The van der Waals surface area contributed by atoms with Gasteiger partial charge in [0.1, 0.15) is 11.9 Å². The summed E-state index contributed by atoms with van der Waals surface area (Å²) in [6.07, 6.45) is 5.08. The highest BCUT2D eigenvalue weighted by molar-refractivity contribution is 5.54. The molecule has 0 aromatic carbocycles. The van der Waals surface area contributed by atoms with Gasteiger partial charge in [-0.25, -0.2) is 4.98 Å². The predicted octanol–water partition coefficient (Wildman–Crippen LogP) is 1.43. The van der Waals surface area contributed by atoms with Gasteiger partial charge >= 0.3 is 0 Å². The van der Waals surface area contributed by atoms with E-state index in [4.69, 9.17) is 5.26 Å². The molecule has 1 N–H and O–H groups in total. The van der Waals surface area contributed by atoms with E-state index in [1.807, 2.05) is 19.3 Å². The molecule has 2 aromatic heterocycles. The van der Waals surface area contributed by atoms with Crippen LogP contribution in [-0.2, 0) is 7.05 Å². The molecule has 0 aliphatic heterocycles. The maximum atomic E-state index is 8.60. The molecule has 2 heterocycles. The molecule has 0 aliphatic carbocycles. The molecule has 5 heteroatoms. The molecule has 2 aromatic rings. The average molecular weight is 199 g/mol. The topological polar surface area (TPSA) is 66.5 Å². The van der Waals surface area contributed by atoms with Crippen LogP contribution in [0.15, 0.2) is 30.7 Å². The third-order valence-corrected chi connectivity index (χ3v) is 1.87. The molecule has 5 nitrogen and oxygen atoms in total. The number of anilines is 2. The molecule has 0 unspecified atom stereocenters. The lowest BCUT2D eigenvalue weighted by molar-refractivity contribution is 0.768. The molecule has 0 amide bonds. The number of nitrogens with zero attached hydrogens (tertiary/aromatic N) is 4. The molecular weight excluding hydrogens is 190 g/mol. The molecule has 0 atom stereocenters. The fraction of sp³-hybridized carbons (Fsp3) is 0.100. The Morgan fingerprint density at radius 1 is 1.40 bits per heavy atom. The molecule has 15 heavy (non-hydrogen) atoms. The van der Waals surface area contributed by atoms with Gasteiger partial charge in [-0.05, 0) is 12.1 Å². The maximum absolute atomic E-state index is 8.60. The van der Waals surface area contributed by atoms with Crippen LogP contribution in [0.3, 0.4) is 0 Å². The largest absolute Gasteiger partial charge is 0.338 e. The summed E-state index contributed by atoms with van der Waals surface area (Å²) in [6.45, 7) is 0. The van der Waals surface area contributed by atoms with Crippen molar-refractivity contribution >= 4 is 11.5 Å². The van der Waals surface area contributed by atoms with Crippen LogP contribution >= 0.6 is 0 Å². The Balaban J connectivity index is 2.15. The quantitative estimate of drug-likeness (QED) is 0.794. The first-order chi connectivity index (χ1) is 7.28. The molecule has 2 rings (SSSR count). The second-order valence-corrected chi connectivity index (χ2v) is 3.07. The molecule has 74 valence electrons. The van der Waals surface area contributed by atoms with Gasteiger partial charge < -0.3 is 5.32 Å². The van der Waals surface area contributed by atoms with Crippen LogP contribution in [0.1, 0.15) is 5.56 Å². The normalized spacial score (nSPS) is 9.60. The van der Waals surface area contributed by atoms with Crippen LogP contribution in [0.4, 0.5) is 11.5 Å². The average Bonchev–Trinajstić information content (AvgIpc) is 2.65. The zero-order valence-electron chi connectivity index (χ0n) is 8.18. The maximum Gasteiger partial charge on any atom is 0.130 e. The van der Waals surface area contributed by atoms with Crippen molar-refractivity contribution in [1.29, 1.82) is 5.26 Å². The van der Waals surface area contributed by atoms with Gasteiger partial charge in [0.05, 0.1) is 17.4 Å². The zero-order valence-corrected chi connectivity index (χ0v) is 8.18. The Bertz CT molecular complexity index is 491. The summed E-state index contributed by atoms with van der Waals surface area (Å²) >= 11 is 0. The molecule has 0 bridgehead atoms. The molecule has 0 radical (unpaired) electrons. The van der Waals surface area contributed by atoms with Gasteiger partial charge in [-0.15, -0.1) is 0 Å². The predicted molar refractivity (Wildman–Crippen MR) is 55.4 cm³/mol. The fourth-order valence-corrected chi connectivity index (χ4v) is 1.17. The van der Waals surface area contributed by atoms with Crippen molar-refractivity contribution in [3.63, 3.8) is 0 Å². The van der Waals surface area contributed by atoms with E-state index in [0.29, 0.717) is 11.4 Å². The van der Waals surface area contributed by atoms with Gasteiger partial charge in [0.2, 0.25) is 0 Å². The third-order valence-electron chi connectivity index (χ3n) is 1.87. The van der Waals surface area contributed by atoms with E-state index in [1.54, 1.807) is 23.0 Å². The Hall–Kier alpha value is -2.35. The van der Waals surface area contributed by atoms with Gasteiger partial charge in [-0.1, -0.05) is 0 Å². The number of aryl methyl sites for hydroxylation is 1. The van der Waals surface area contributed by atoms with Gasteiger partial charge in [-0.2, -0.15) is 10.4 Å². The lowest BCUT2D eigenvalue weighted by Gasteiger charge is -2.00. The Labute approximate surface area is 87.0 Å². The molecular formula is C10H9N5.